The molecule has 1 saturated heterocycles. The fourth-order valence-electron chi connectivity index (χ4n) is 6.26. The van der Waals surface area contributed by atoms with Gasteiger partial charge in [-0.1, -0.05) is 85.4 Å². The van der Waals surface area contributed by atoms with E-state index in [-0.39, 0.29) is 37.0 Å². The van der Waals surface area contributed by atoms with Crippen molar-refractivity contribution in [1.29, 1.82) is 0 Å². The number of halogens is 5. The molecule has 0 radical (unpaired) electrons. The summed E-state index contributed by atoms with van der Waals surface area (Å²) in [5.41, 5.74) is 3.52. The van der Waals surface area contributed by atoms with Gasteiger partial charge in [-0.2, -0.15) is 4.68 Å². The SMILES string of the molecule is C[C@@H]1[C@H](CSc2nnnn2-c2ccc(O)cc2)O[C@H](c2ccc(-c3cccc(CNC(=O)c4c(F)c(F)c(F)c(F)c4F)c3)cc2)O[C@@H]1c1ccc(CO)cc1. The molecule has 16 heteroatoms. The fourth-order valence-corrected chi connectivity index (χ4v) is 7.31. The molecule has 0 aliphatic carbocycles. The van der Waals surface area contributed by atoms with Gasteiger partial charge in [-0.3, -0.25) is 4.79 Å². The van der Waals surface area contributed by atoms with Crippen LogP contribution in [0.25, 0.3) is 16.8 Å². The van der Waals surface area contributed by atoms with E-state index in [1.54, 1.807) is 47.1 Å². The van der Waals surface area contributed by atoms with Crippen LogP contribution in [0.3, 0.4) is 0 Å². The van der Waals surface area contributed by atoms with Crippen LogP contribution in [-0.4, -0.2) is 48.2 Å². The zero-order chi connectivity index (χ0) is 39.5. The first-order valence-electron chi connectivity index (χ1n) is 17.2. The lowest BCUT2D eigenvalue weighted by Crippen LogP contribution is -2.38. The molecule has 0 saturated carbocycles. The Kier molecular flexibility index (Phi) is 11.4. The molecule has 1 amide bonds. The predicted molar refractivity (Wildman–Crippen MR) is 194 cm³/mol. The minimum Gasteiger partial charge on any atom is -0.508 e. The van der Waals surface area contributed by atoms with Gasteiger partial charge in [0, 0.05) is 23.8 Å². The van der Waals surface area contributed by atoms with Crippen LogP contribution in [0.2, 0.25) is 0 Å². The molecule has 4 atom stereocenters. The van der Waals surface area contributed by atoms with Gasteiger partial charge >= 0.3 is 0 Å². The van der Waals surface area contributed by atoms with Crippen molar-refractivity contribution >= 4 is 17.7 Å². The van der Waals surface area contributed by atoms with E-state index in [1.807, 2.05) is 61.5 Å². The summed E-state index contributed by atoms with van der Waals surface area (Å²) < 4.78 is 83.8. The smallest absolute Gasteiger partial charge is 0.257 e. The normalized spacial score (nSPS) is 18.2. The van der Waals surface area contributed by atoms with Gasteiger partial charge < -0.3 is 25.0 Å². The summed E-state index contributed by atoms with van der Waals surface area (Å²) in [5, 5.41) is 34.2. The topological polar surface area (TPSA) is 132 Å². The first-order valence-corrected chi connectivity index (χ1v) is 18.2. The van der Waals surface area contributed by atoms with Gasteiger partial charge in [0.25, 0.3) is 5.91 Å². The van der Waals surface area contributed by atoms with Crippen molar-refractivity contribution in [2.24, 2.45) is 5.92 Å². The highest BCUT2D eigenvalue weighted by Gasteiger charge is 2.39. The van der Waals surface area contributed by atoms with E-state index in [4.69, 9.17) is 9.47 Å². The monoisotopic (exact) mass is 789 g/mol. The lowest BCUT2D eigenvalue weighted by Gasteiger charge is -2.41. The minimum absolute atomic E-state index is 0.0928. The Bertz CT molecular complexity index is 2320. The summed E-state index contributed by atoms with van der Waals surface area (Å²) in [6.45, 7) is 1.69. The van der Waals surface area contributed by atoms with Crippen molar-refractivity contribution < 1.29 is 46.4 Å². The number of carbonyl (C=O) groups is 1. The molecule has 56 heavy (non-hydrogen) atoms. The molecule has 1 aromatic heterocycles. The fraction of sp³-hybridized carbons (Fsp3) is 0.200. The highest BCUT2D eigenvalue weighted by atomic mass is 32.2. The maximum atomic E-state index is 14.2. The molecule has 1 aliphatic heterocycles. The summed E-state index contributed by atoms with van der Waals surface area (Å²) >= 11 is 1.41. The number of aliphatic hydroxyl groups excluding tert-OH is 1. The predicted octanol–water partition coefficient (Wildman–Crippen LogP) is 7.74. The third-order valence-electron chi connectivity index (χ3n) is 9.37. The second kappa shape index (κ2) is 16.6. The molecule has 7 rings (SSSR count). The van der Waals surface area contributed by atoms with Gasteiger partial charge in [-0.25, -0.2) is 22.0 Å². The summed E-state index contributed by atoms with van der Waals surface area (Å²) in [6.07, 6.45) is -1.48. The van der Waals surface area contributed by atoms with Crippen molar-refractivity contribution in [3.63, 3.8) is 0 Å². The molecule has 0 bridgehead atoms. The standard InChI is InChI=1S/C40H32F5N5O5S/c1-21-30(20-56-40-47-48-49-50(40)28-13-15-29(52)16-14-28)54-39(55-37(21)25-7-5-22(19-51)6-8-25)26-11-9-24(10-12-26)27-4-2-3-23(17-27)18-46-38(53)31-32(41)34(43)36(45)35(44)33(31)42/h2-17,21,30,37,39,51-52H,18-20H2,1H3,(H,46,53)/t21-,30+,37+,39+/m1/s1. The quantitative estimate of drug-likeness (QED) is 0.0522. The number of nitrogens with one attached hydrogen (secondary N) is 1. The van der Waals surface area contributed by atoms with E-state index >= 15 is 0 Å². The minimum atomic E-state index is -2.35. The zero-order valence-electron chi connectivity index (χ0n) is 29.4. The molecule has 1 fully saturated rings. The van der Waals surface area contributed by atoms with Crippen LogP contribution >= 0.6 is 11.8 Å². The van der Waals surface area contributed by atoms with Crippen molar-refractivity contribution in [1.82, 2.24) is 25.5 Å². The molecular formula is C40H32F5N5O5S. The van der Waals surface area contributed by atoms with Crippen LogP contribution in [0.15, 0.2) is 102 Å². The number of nitrogens with zero attached hydrogens (tertiary/aromatic N) is 4. The number of rotatable bonds is 11. The number of phenolic OH excluding ortho intramolecular Hbond substituents is 1. The Balaban J connectivity index is 1.08. The van der Waals surface area contributed by atoms with E-state index in [0.717, 1.165) is 27.8 Å². The summed E-state index contributed by atoms with van der Waals surface area (Å²) in [4.78, 5) is 12.5. The number of aliphatic hydroxyl groups is 1. The lowest BCUT2D eigenvalue weighted by atomic mass is 9.91. The van der Waals surface area contributed by atoms with Crippen molar-refractivity contribution in [3.05, 3.63) is 154 Å². The number of aromatic hydroxyl groups is 1. The number of hydrogen-bond donors (Lipinski definition) is 3. The second-order valence-corrected chi connectivity index (χ2v) is 14.0. The van der Waals surface area contributed by atoms with Crippen molar-refractivity contribution in [2.75, 3.05) is 5.75 Å². The van der Waals surface area contributed by atoms with Gasteiger partial charge in [0.2, 0.25) is 11.0 Å². The van der Waals surface area contributed by atoms with Crippen LogP contribution < -0.4 is 5.32 Å². The molecule has 3 N–H and O–H groups in total. The van der Waals surface area contributed by atoms with E-state index in [1.165, 1.54) is 11.8 Å². The Morgan fingerprint density at radius 1 is 0.804 bits per heavy atom. The largest absolute Gasteiger partial charge is 0.508 e. The third kappa shape index (κ3) is 8.00. The molecule has 0 spiro atoms. The number of amides is 1. The van der Waals surface area contributed by atoms with Gasteiger partial charge in [-0.05, 0) is 68.6 Å². The Hall–Kier alpha value is -5.68. The van der Waals surface area contributed by atoms with Gasteiger partial charge in [0.1, 0.15) is 11.3 Å². The number of phenols is 1. The molecule has 5 aromatic carbocycles. The summed E-state index contributed by atoms with van der Waals surface area (Å²) in [7, 11) is 0. The molecule has 1 aliphatic rings. The molecule has 288 valence electrons. The highest BCUT2D eigenvalue weighted by Crippen LogP contribution is 2.43. The number of tetrazole rings is 1. The number of benzene rings is 5. The molecule has 0 unspecified atom stereocenters. The average molecular weight is 790 g/mol. The number of hydrogen-bond acceptors (Lipinski definition) is 9. The van der Waals surface area contributed by atoms with Crippen molar-refractivity contribution in [2.45, 2.75) is 43.7 Å². The molecular weight excluding hydrogens is 758 g/mol. The number of ether oxygens (including phenoxy) is 2. The van der Waals surface area contributed by atoms with Gasteiger partial charge in [0.15, 0.2) is 29.6 Å². The Labute approximate surface area is 320 Å². The van der Waals surface area contributed by atoms with E-state index in [2.05, 4.69) is 20.8 Å². The average Bonchev–Trinajstić information content (AvgIpc) is 3.70. The molecule has 6 aromatic rings. The Morgan fingerprint density at radius 3 is 2.14 bits per heavy atom. The van der Waals surface area contributed by atoms with Crippen molar-refractivity contribution in [3.8, 4) is 22.6 Å². The van der Waals surface area contributed by atoms with Crippen LogP contribution in [0.5, 0.6) is 5.75 Å². The van der Waals surface area contributed by atoms with E-state index in [0.29, 0.717) is 22.2 Å². The molecule has 2 heterocycles. The zero-order valence-corrected chi connectivity index (χ0v) is 30.2. The summed E-state index contributed by atoms with van der Waals surface area (Å²) in [5.74, 6) is -12.2. The van der Waals surface area contributed by atoms with Gasteiger partial charge in [0.05, 0.1) is 24.5 Å². The first kappa shape index (κ1) is 38.6. The lowest BCUT2D eigenvalue weighted by molar-refractivity contribution is -0.268. The van der Waals surface area contributed by atoms with Gasteiger partial charge in [-0.15, -0.1) is 5.10 Å². The van der Waals surface area contributed by atoms with Crippen LogP contribution in [0, 0.1) is 35.0 Å². The highest BCUT2D eigenvalue weighted by molar-refractivity contribution is 7.99. The number of thioether (sulfide) groups is 1. The van der Waals surface area contributed by atoms with E-state index in [9.17, 15) is 37.0 Å². The molecule has 10 nitrogen and oxygen atoms in total. The summed E-state index contributed by atoms with van der Waals surface area (Å²) in [6, 6.07) is 28.3. The van der Waals surface area contributed by atoms with Crippen LogP contribution in [0.1, 0.15) is 51.9 Å². The maximum Gasteiger partial charge on any atom is 0.257 e. The maximum absolute atomic E-state index is 14.2. The van der Waals surface area contributed by atoms with Crippen LogP contribution in [0.4, 0.5) is 22.0 Å². The first-order chi connectivity index (χ1) is 27.0. The van der Waals surface area contributed by atoms with Crippen LogP contribution in [-0.2, 0) is 22.6 Å². The number of aromatic nitrogens is 4. The van der Waals surface area contributed by atoms with E-state index < -0.39 is 46.8 Å². The number of carbonyl (C=O) groups excluding carboxylic acids is 1. The third-order valence-corrected chi connectivity index (χ3v) is 10.4. The second-order valence-electron chi connectivity index (χ2n) is 13.0. The Morgan fingerprint density at radius 2 is 1.46 bits per heavy atom.